The highest BCUT2D eigenvalue weighted by atomic mass is 19.4. The average Bonchev–Trinajstić information content (AvgIpc) is 2.71. The quantitative estimate of drug-likeness (QED) is 0.480. The molecule has 1 atom stereocenters. The Morgan fingerprint density at radius 3 is 2.19 bits per heavy atom. The summed E-state index contributed by atoms with van der Waals surface area (Å²) in [4.78, 5) is 32.3. The van der Waals surface area contributed by atoms with Crippen LogP contribution in [0.3, 0.4) is 0 Å². The molecule has 7 heteroatoms. The number of rotatable bonds is 6. The molecule has 0 bridgehead atoms. The molecular weight excluding hydrogens is 417 g/mol. The number of nitrogens with zero attached hydrogens (tertiary/aromatic N) is 1. The minimum atomic E-state index is -4.27. The molecule has 0 aliphatic rings. The highest BCUT2D eigenvalue weighted by molar-refractivity contribution is 5.95. The fourth-order valence-electron chi connectivity index (χ4n) is 3.65. The number of Topliss-reactive ketones (excluding diaryl/α,β-unsaturated/α-hetero) is 1. The van der Waals surface area contributed by atoms with Crippen LogP contribution in [0, 0.1) is 5.41 Å². The van der Waals surface area contributed by atoms with Crippen molar-refractivity contribution in [3.05, 3.63) is 87.8 Å². The molecule has 0 radical (unpaired) electrons. The van der Waals surface area contributed by atoms with E-state index in [1.165, 1.54) is 18.2 Å². The summed E-state index contributed by atoms with van der Waals surface area (Å²) in [7, 11) is 0. The summed E-state index contributed by atoms with van der Waals surface area (Å²) in [5.74, 6) is -0.256. The maximum atomic E-state index is 13.1. The minimum Gasteiger partial charge on any atom is -0.306 e. The van der Waals surface area contributed by atoms with E-state index in [1.54, 1.807) is 24.3 Å². The van der Waals surface area contributed by atoms with Crippen LogP contribution in [0.4, 0.5) is 13.2 Å². The number of carbonyl (C=O) groups is 1. The first kappa shape index (κ1) is 23.4. The number of aromatic amines is 1. The van der Waals surface area contributed by atoms with E-state index in [2.05, 4.69) is 9.97 Å². The molecular formula is C25H25F3N2O2. The summed E-state index contributed by atoms with van der Waals surface area (Å²) < 4.78 is 38.0. The maximum Gasteiger partial charge on any atom is 0.393 e. The summed E-state index contributed by atoms with van der Waals surface area (Å²) >= 11 is 0. The number of halogens is 3. The summed E-state index contributed by atoms with van der Waals surface area (Å²) in [6, 6.07) is 16.4. The third kappa shape index (κ3) is 6.15. The van der Waals surface area contributed by atoms with Gasteiger partial charge in [0.2, 0.25) is 0 Å². The number of carbonyl (C=O) groups excluding carboxylic acids is 1. The predicted molar refractivity (Wildman–Crippen MR) is 118 cm³/mol. The molecule has 3 aromatic rings. The second-order valence-electron chi connectivity index (χ2n) is 8.92. The van der Waals surface area contributed by atoms with E-state index >= 15 is 0 Å². The van der Waals surface area contributed by atoms with Gasteiger partial charge in [-0.2, -0.15) is 13.2 Å². The standard InChI is InChI=1S/C25H25F3N2O2/c1-24(2,3)19(17-11-9-16(10-12-17)15-25(26,27)28)13-21(31)20-14-22(32)30-23(29-20)18-7-5-4-6-8-18/h4-12,14,19H,13,15H2,1-3H3,(H,29,30,32)/t19-/m0/s1. The molecule has 0 aliphatic carbocycles. The molecule has 3 rings (SSSR count). The second-order valence-corrected chi connectivity index (χ2v) is 8.92. The zero-order valence-electron chi connectivity index (χ0n) is 18.2. The molecule has 1 N–H and O–H groups in total. The van der Waals surface area contributed by atoms with Gasteiger partial charge in [0, 0.05) is 18.1 Å². The third-order valence-corrected chi connectivity index (χ3v) is 5.30. The molecule has 0 aliphatic heterocycles. The number of ketones is 1. The average molecular weight is 442 g/mol. The number of hydrogen-bond acceptors (Lipinski definition) is 3. The first-order chi connectivity index (χ1) is 14.9. The van der Waals surface area contributed by atoms with Gasteiger partial charge in [-0.15, -0.1) is 0 Å². The molecule has 4 nitrogen and oxygen atoms in total. The Labute approximate surface area is 184 Å². The largest absolute Gasteiger partial charge is 0.393 e. The van der Waals surface area contributed by atoms with E-state index in [4.69, 9.17) is 0 Å². The molecule has 0 spiro atoms. The van der Waals surface area contributed by atoms with Crippen LogP contribution in [0.15, 0.2) is 65.5 Å². The van der Waals surface area contributed by atoms with Gasteiger partial charge in [0.05, 0.1) is 6.42 Å². The Morgan fingerprint density at radius 1 is 1.00 bits per heavy atom. The Hall–Kier alpha value is -3.22. The number of alkyl halides is 3. The Bertz CT molecular complexity index is 1130. The number of H-pyrrole nitrogens is 1. The molecule has 0 saturated heterocycles. The fourth-order valence-corrected chi connectivity index (χ4v) is 3.65. The Kier molecular flexibility index (Phi) is 6.67. The minimum absolute atomic E-state index is 0.0653. The summed E-state index contributed by atoms with van der Waals surface area (Å²) in [6.07, 6.45) is -5.19. The van der Waals surface area contributed by atoms with Crippen molar-refractivity contribution in [1.82, 2.24) is 9.97 Å². The number of nitrogens with one attached hydrogen (secondary N) is 1. The van der Waals surface area contributed by atoms with Crippen LogP contribution < -0.4 is 5.56 Å². The molecule has 168 valence electrons. The number of aromatic nitrogens is 2. The van der Waals surface area contributed by atoms with Crippen molar-refractivity contribution in [2.45, 2.75) is 45.7 Å². The van der Waals surface area contributed by atoms with Crippen molar-refractivity contribution in [3.8, 4) is 11.4 Å². The highest BCUT2D eigenvalue weighted by Crippen LogP contribution is 2.38. The zero-order valence-corrected chi connectivity index (χ0v) is 18.2. The van der Waals surface area contributed by atoms with Gasteiger partial charge >= 0.3 is 6.18 Å². The van der Waals surface area contributed by atoms with Gasteiger partial charge in [0.25, 0.3) is 5.56 Å². The molecule has 1 aromatic heterocycles. The van der Waals surface area contributed by atoms with Gasteiger partial charge in [-0.1, -0.05) is 75.4 Å². The molecule has 32 heavy (non-hydrogen) atoms. The molecule has 0 amide bonds. The van der Waals surface area contributed by atoms with Crippen molar-refractivity contribution in [3.63, 3.8) is 0 Å². The molecule has 1 heterocycles. The normalized spacial score (nSPS) is 13.1. The zero-order chi connectivity index (χ0) is 23.5. The van der Waals surface area contributed by atoms with Gasteiger partial charge in [-0.3, -0.25) is 9.59 Å². The van der Waals surface area contributed by atoms with Gasteiger partial charge in [-0.05, 0) is 22.5 Å². The van der Waals surface area contributed by atoms with Crippen LogP contribution in [-0.2, 0) is 6.42 Å². The summed E-state index contributed by atoms with van der Waals surface area (Å²) in [6.45, 7) is 5.90. The highest BCUT2D eigenvalue weighted by Gasteiger charge is 2.31. The summed E-state index contributed by atoms with van der Waals surface area (Å²) in [5, 5.41) is 0. The fraction of sp³-hybridized carbons (Fsp3) is 0.320. The third-order valence-electron chi connectivity index (χ3n) is 5.30. The van der Waals surface area contributed by atoms with Crippen molar-refractivity contribution in [1.29, 1.82) is 0 Å². The maximum absolute atomic E-state index is 13.1. The van der Waals surface area contributed by atoms with Gasteiger partial charge in [0.1, 0.15) is 11.5 Å². The van der Waals surface area contributed by atoms with E-state index in [9.17, 15) is 22.8 Å². The lowest BCUT2D eigenvalue weighted by atomic mass is 9.73. The molecule has 0 unspecified atom stereocenters. The molecule has 0 saturated carbocycles. The Balaban J connectivity index is 1.88. The van der Waals surface area contributed by atoms with Crippen LogP contribution in [0.25, 0.3) is 11.4 Å². The van der Waals surface area contributed by atoms with Crippen LogP contribution in [-0.4, -0.2) is 21.9 Å². The lowest BCUT2D eigenvalue weighted by molar-refractivity contribution is -0.127. The first-order valence-corrected chi connectivity index (χ1v) is 10.3. The lowest BCUT2D eigenvalue weighted by Crippen LogP contribution is -2.23. The van der Waals surface area contributed by atoms with Crippen molar-refractivity contribution in [2.24, 2.45) is 5.41 Å². The van der Waals surface area contributed by atoms with Crippen LogP contribution in [0.5, 0.6) is 0 Å². The van der Waals surface area contributed by atoms with Gasteiger partial charge in [-0.25, -0.2) is 4.98 Å². The van der Waals surface area contributed by atoms with E-state index in [0.29, 0.717) is 11.4 Å². The SMILES string of the molecule is CC(C)(C)[C@@H](CC(=O)c1cc(=O)[nH]c(-c2ccccc2)n1)c1ccc(CC(F)(F)F)cc1. The Morgan fingerprint density at radius 2 is 1.62 bits per heavy atom. The van der Waals surface area contributed by atoms with Gasteiger partial charge < -0.3 is 4.98 Å². The summed E-state index contributed by atoms with van der Waals surface area (Å²) in [5.41, 5.74) is 0.923. The van der Waals surface area contributed by atoms with Crippen LogP contribution in [0.1, 0.15) is 54.7 Å². The number of hydrogen-bond donors (Lipinski definition) is 1. The van der Waals surface area contributed by atoms with Crippen molar-refractivity contribution < 1.29 is 18.0 Å². The van der Waals surface area contributed by atoms with E-state index < -0.39 is 18.2 Å². The van der Waals surface area contributed by atoms with E-state index in [-0.39, 0.29) is 34.8 Å². The van der Waals surface area contributed by atoms with E-state index in [1.807, 2.05) is 39.0 Å². The van der Waals surface area contributed by atoms with Crippen molar-refractivity contribution >= 4 is 5.78 Å². The first-order valence-electron chi connectivity index (χ1n) is 10.3. The predicted octanol–water partition coefficient (Wildman–Crippen LogP) is 5.94. The smallest absolute Gasteiger partial charge is 0.306 e. The molecule has 0 fully saturated rings. The monoisotopic (exact) mass is 442 g/mol. The van der Waals surface area contributed by atoms with Crippen LogP contribution in [0.2, 0.25) is 0 Å². The molecule has 2 aromatic carbocycles. The van der Waals surface area contributed by atoms with E-state index in [0.717, 1.165) is 5.56 Å². The van der Waals surface area contributed by atoms with Crippen molar-refractivity contribution in [2.75, 3.05) is 0 Å². The number of benzene rings is 2. The second kappa shape index (κ2) is 9.10. The van der Waals surface area contributed by atoms with Crippen LogP contribution >= 0.6 is 0 Å². The lowest BCUT2D eigenvalue weighted by Gasteiger charge is -2.31. The topological polar surface area (TPSA) is 62.8 Å². The van der Waals surface area contributed by atoms with Gasteiger partial charge in [0.15, 0.2) is 5.78 Å².